The number of aliphatic hydroxyl groups is 1. The standard InChI is InChI=1S/C17H16NO3/c1-21-17-8-13-9-18(20)10-16(12-5-3-2-4-6-12)15(13)7-14(17)11-19/h2-8,10,19H,9,11H2,1H3/q-1. The number of nitrogens with zero attached hydrogens (tertiary/aromatic N) is 1. The first-order chi connectivity index (χ1) is 10.2. The van der Waals surface area contributed by atoms with E-state index in [0.29, 0.717) is 5.75 Å². The molecule has 0 spiro atoms. The smallest absolute Gasteiger partial charge is 0.124 e. The van der Waals surface area contributed by atoms with Gasteiger partial charge in [-0.05, 0) is 35.0 Å². The molecule has 0 unspecified atom stereocenters. The maximum Gasteiger partial charge on any atom is 0.124 e. The SMILES string of the molecule is COc1cc2c(cc1CO)C(c1ccccc1)=CN([O-])C2. The summed E-state index contributed by atoms with van der Waals surface area (Å²) in [4.78, 5) is 0. The highest BCUT2D eigenvalue weighted by Gasteiger charge is 2.18. The zero-order valence-electron chi connectivity index (χ0n) is 11.7. The number of ether oxygens (including phenoxy) is 1. The zero-order valence-corrected chi connectivity index (χ0v) is 11.7. The van der Waals surface area contributed by atoms with E-state index >= 15 is 0 Å². The van der Waals surface area contributed by atoms with Crippen LogP contribution in [-0.4, -0.2) is 17.3 Å². The van der Waals surface area contributed by atoms with E-state index in [1.807, 2.05) is 42.5 Å². The molecule has 1 aliphatic heterocycles. The molecule has 0 bridgehead atoms. The summed E-state index contributed by atoms with van der Waals surface area (Å²) in [6, 6.07) is 13.5. The Morgan fingerprint density at radius 2 is 2.00 bits per heavy atom. The van der Waals surface area contributed by atoms with Gasteiger partial charge in [0, 0.05) is 17.7 Å². The van der Waals surface area contributed by atoms with Crippen LogP contribution in [0.25, 0.3) is 5.57 Å². The maximum atomic E-state index is 11.9. The van der Waals surface area contributed by atoms with Gasteiger partial charge in [0.2, 0.25) is 0 Å². The van der Waals surface area contributed by atoms with Crippen molar-refractivity contribution in [3.8, 4) is 5.75 Å². The number of fused-ring (bicyclic) bond motifs is 1. The summed E-state index contributed by atoms with van der Waals surface area (Å²) < 4.78 is 5.28. The van der Waals surface area contributed by atoms with Gasteiger partial charge < -0.3 is 20.1 Å². The van der Waals surface area contributed by atoms with Crippen molar-refractivity contribution in [1.29, 1.82) is 0 Å². The minimum absolute atomic E-state index is 0.0976. The van der Waals surface area contributed by atoms with Gasteiger partial charge >= 0.3 is 0 Å². The third-order valence-electron chi connectivity index (χ3n) is 3.65. The first kappa shape index (κ1) is 13.7. The quantitative estimate of drug-likeness (QED) is 0.940. The first-order valence-electron chi connectivity index (χ1n) is 6.75. The molecule has 1 aliphatic rings. The summed E-state index contributed by atoms with van der Waals surface area (Å²) in [6.07, 6.45) is 1.60. The lowest BCUT2D eigenvalue weighted by molar-refractivity contribution is 0.273. The molecule has 3 rings (SSSR count). The van der Waals surface area contributed by atoms with Gasteiger partial charge in [-0.3, -0.25) is 0 Å². The fraction of sp³-hybridized carbons (Fsp3) is 0.176. The third-order valence-corrected chi connectivity index (χ3v) is 3.65. The summed E-state index contributed by atoms with van der Waals surface area (Å²) in [5, 5.41) is 22.3. The Labute approximate surface area is 123 Å². The van der Waals surface area contributed by atoms with Gasteiger partial charge in [0.1, 0.15) is 5.75 Å². The zero-order chi connectivity index (χ0) is 14.8. The molecule has 1 heterocycles. The fourth-order valence-electron chi connectivity index (χ4n) is 2.64. The van der Waals surface area contributed by atoms with Crippen LogP contribution in [0.4, 0.5) is 0 Å². The number of rotatable bonds is 3. The molecule has 0 saturated carbocycles. The van der Waals surface area contributed by atoms with Crippen molar-refractivity contribution >= 4 is 5.57 Å². The summed E-state index contributed by atoms with van der Waals surface area (Å²) in [5.74, 6) is 0.610. The molecule has 0 aliphatic carbocycles. The van der Waals surface area contributed by atoms with E-state index in [4.69, 9.17) is 4.74 Å². The number of hydrogen-bond acceptors (Lipinski definition) is 4. The van der Waals surface area contributed by atoms with E-state index in [1.165, 1.54) is 0 Å². The largest absolute Gasteiger partial charge is 0.758 e. The molecule has 2 aromatic carbocycles. The number of hydroxylamine groups is 2. The first-order valence-corrected chi connectivity index (χ1v) is 6.75. The Morgan fingerprint density at radius 3 is 2.67 bits per heavy atom. The van der Waals surface area contributed by atoms with Crippen molar-refractivity contribution < 1.29 is 9.84 Å². The number of aliphatic hydroxyl groups excluding tert-OH is 1. The molecule has 108 valence electrons. The second kappa shape index (κ2) is 5.60. The second-order valence-electron chi connectivity index (χ2n) is 4.96. The van der Waals surface area contributed by atoms with Crippen LogP contribution in [0.3, 0.4) is 0 Å². The Balaban J connectivity index is 2.17. The van der Waals surface area contributed by atoms with E-state index in [1.54, 1.807) is 13.3 Å². The minimum Gasteiger partial charge on any atom is -0.758 e. The Kier molecular flexibility index (Phi) is 3.64. The van der Waals surface area contributed by atoms with Crippen LogP contribution in [0.15, 0.2) is 48.7 Å². The van der Waals surface area contributed by atoms with E-state index < -0.39 is 0 Å². The molecular weight excluding hydrogens is 266 g/mol. The fourth-order valence-corrected chi connectivity index (χ4v) is 2.64. The summed E-state index contributed by atoms with van der Waals surface area (Å²) in [7, 11) is 1.56. The van der Waals surface area contributed by atoms with Gasteiger partial charge in [0.15, 0.2) is 0 Å². The number of hydrogen-bond donors (Lipinski definition) is 1. The van der Waals surface area contributed by atoms with Crippen LogP contribution in [0.2, 0.25) is 0 Å². The minimum atomic E-state index is -0.0976. The van der Waals surface area contributed by atoms with E-state index in [9.17, 15) is 10.3 Å². The van der Waals surface area contributed by atoms with Crippen molar-refractivity contribution in [2.24, 2.45) is 0 Å². The van der Waals surface area contributed by atoms with Crippen molar-refractivity contribution in [1.82, 2.24) is 5.06 Å². The Morgan fingerprint density at radius 1 is 1.24 bits per heavy atom. The molecule has 4 heteroatoms. The lowest BCUT2D eigenvalue weighted by atomic mass is 9.90. The van der Waals surface area contributed by atoms with Gasteiger partial charge in [0.25, 0.3) is 0 Å². The van der Waals surface area contributed by atoms with Gasteiger partial charge in [-0.2, -0.15) is 0 Å². The molecule has 1 N–H and O–H groups in total. The van der Waals surface area contributed by atoms with Gasteiger partial charge in [-0.15, -0.1) is 0 Å². The van der Waals surface area contributed by atoms with Crippen LogP contribution in [0.1, 0.15) is 22.3 Å². The topological polar surface area (TPSA) is 55.8 Å². The van der Waals surface area contributed by atoms with Gasteiger partial charge in [-0.25, -0.2) is 0 Å². The molecule has 4 nitrogen and oxygen atoms in total. The number of benzene rings is 2. The summed E-state index contributed by atoms with van der Waals surface area (Å²) in [5.41, 5.74) is 4.44. The third kappa shape index (κ3) is 2.51. The molecule has 21 heavy (non-hydrogen) atoms. The Bertz CT molecular complexity index is 680. The predicted molar refractivity (Wildman–Crippen MR) is 81.3 cm³/mol. The van der Waals surface area contributed by atoms with Gasteiger partial charge in [-0.1, -0.05) is 30.3 Å². The van der Waals surface area contributed by atoms with E-state index in [-0.39, 0.29) is 13.2 Å². The van der Waals surface area contributed by atoms with Crippen molar-refractivity contribution in [2.75, 3.05) is 7.11 Å². The van der Waals surface area contributed by atoms with Crippen LogP contribution in [0.5, 0.6) is 5.75 Å². The highest BCUT2D eigenvalue weighted by Crippen LogP contribution is 2.35. The Hall–Kier alpha value is -2.30. The highest BCUT2D eigenvalue weighted by atomic mass is 16.5. The van der Waals surface area contributed by atoms with Crippen molar-refractivity contribution in [3.63, 3.8) is 0 Å². The molecule has 0 saturated heterocycles. The molecule has 0 radical (unpaired) electrons. The highest BCUT2D eigenvalue weighted by molar-refractivity contribution is 5.83. The molecule has 0 atom stereocenters. The van der Waals surface area contributed by atoms with Crippen LogP contribution >= 0.6 is 0 Å². The lowest BCUT2D eigenvalue weighted by Gasteiger charge is -2.34. The van der Waals surface area contributed by atoms with E-state index in [2.05, 4.69) is 0 Å². The van der Waals surface area contributed by atoms with E-state index in [0.717, 1.165) is 32.9 Å². The van der Waals surface area contributed by atoms with Crippen molar-refractivity contribution in [3.05, 3.63) is 76.1 Å². The van der Waals surface area contributed by atoms with Crippen LogP contribution < -0.4 is 4.74 Å². The monoisotopic (exact) mass is 282 g/mol. The van der Waals surface area contributed by atoms with Crippen LogP contribution in [0, 0.1) is 5.21 Å². The lowest BCUT2D eigenvalue weighted by Crippen LogP contribution is -2.16. The van der Waals surface area contributed by atoms with Crippen LogP contribution in [-0.2, 0) is 13.2 Å². The molecule has 2 aromatic rings. The molecular formula is C17H16NO3-. The average Bonchev–Trinajstić information content (AvgIpc) is 2.53. The molecule has 0 aromatic heterocycles. The molecule has 0 amide bonds. The van der Waals surface area contributed by atoms with Gasteiger partial charge in [0.05, 0.1) is 13.7 Å². The normalized spacial score (nSPS) is 13.7. The average molecular weight is 282 g/mol. The molecule has 0 fully saturated rings. The second-order valence-corrected chi connectivity index (χ2v) is 4.96. The predicted octanol–water partition coefficient (Wildman–Crippen LogP) is 2.89. The summed E-state index contributed by atoms with van der Waals surface area (Å²) >= 11 is 0. The maximum absolute atomic E-state index is 11.9. The summed E-state index contributed by atoms with van der Waals surface area (Å²) in [6.45, 7) is 0.188. The number of methoxy groups -OCH3 is 1. The van der Waals surface area contributed by atoms with Crippen molar-refractivity contribution in [2.45, 2.75) is 13.2 Å².